The maximum Gasteiger partial charge on any atom is 0.291 e. The summed E-state index contributed by atoms with van der Waals surface area (Å²) in [4.78, 5) is 12.3. The van der Waals surface area contributed by atoms with Crippen molar-refractivity contribution < 1.29 is 8.42 Å². The van der Waals surface area contributed by atoms with Crippen molar-refractivity contribution in [3.05, 3.63) is 81.2 Å². The number of para-hydroxylation sites is 1. The number of rotatable bonds is 5. The van der Waals surface area contributed by atoms with Gasteiger partial charge in [-0.1, -0.05) is 41.4 Å². The molecule has 0 amide bonds. The number of hydrogen-bond donors (Lipinski definition) is 0. The molecular weight excluding hydrogens is 409 g/mol. The van der Waals surface area contributed by atoms with E-state index in [9.17, 15) is 13.2 Å². The summed E-state index contributed by atoms with van der Waals surface area (Å²) in [6, 6.07) is 14.7. The summed E-state index contributed by atoms with van der Waals surface area (Å²) in [5.41, 5.74) is 0.367. The molecule has 0 radical (unpaired) electrons. The number of halogens is 2. The fourth-order valence-corrected chi connectivity index (χ4v) is 4.30. The standard InChI is InChI=1S/C18H15Cl2N3O3S/c1-2-22(13-6-4-3-5-7-13)27(25,26)15-10-8-14(9-11-15)23-18(24)17(20)16(19)12-21-23/h3-12H,2H2,1H3. The van der Waals surface area contributed by atoms with Gasteiger partial charge >= 0.3 is 0 Å². The first-order chi connectivity index (χ1) is 12.9. The number of anilines is 1. The Hall–Kier alpha value is -2.35. The Kier molecular flexibility index (Phi) is 5.55. The van der Waals surface area contributed by atoms with E-state index in [1.165, 1.54) is 34.8 Å². The molecule has 0 bridgehead atoms. The molecule has 2 aromatic carbocycles. The van der Waals surface area contributed by atoms with Crippen LogP contribution in [-0.4, -0.2) is 24.7 Å². The minimum absolute atomic E-state index is 0.0542. The normalized spacial score (nSPS) is 11.4. The first kappa shape index (κ1) is 19.4. The number of nitrogens with zero attached hydrogens (tertiary/aromatic N) is 3. The first-order valence-electron chi connectivity index (χ1n) is 7.98. The van der Waals surface area contributed by atoms with Gasteiger partial charge in [-0.05, 0) is 43.3 Å². The zero-order valence-electron chi connectivity index (χ0n) is 14.2. The van der Waals surface area contributed by atoms with Gasteiger partial charge in [0, 0.05) is 6.54 Å². The Labute approximate surface area is 166 Å². The molecule has 0 aliphatic heterocycles. The van der Waals surface area contributed by atoms with Gasteiger partial charge in [-0.25, -0.2) is 8.42 Å². The molecule has 1 heterocycles. The van der Waals surface area contributed by atoms with E-state index in [1.54, 1.807) is 31.2 Å². The maximum absolute atomic E-state index is 13.0. The monoisotopic (exact) mass is 423 g/mol. The van der Waals surface area contributed by atoms with Gasteiger partial charge in [0.25, 0.3) is 15.6 Å². The van der Waals surface area contributed by atoms with Crippen molar-refractivity contribution in [1.29, 1.82) is 0 Å². The zero-order chi connectivity index (χ0) is 19.6. The SMILES string of the molecule is CCN(c1ccccc1)S(=O)(=O)c1ccc(-n2ncc(Cl)c(Cl)c2=O)cc1. The quantitative estimate of drug-likeness (QED) is 0.626. The lowest BCUT2D eigenvalue weighted by Gasteiger charge is -2.23. The number of sulfonamides is 1. The molecule has 9 heteroatoms. The summed E-state index contributed by atoms with van der Waals surface area (Å²) in [7, 11) is -3.75. The predicted molar refractivity (Wildman–Crippen MR) is 107 cm³/mol. The summed E-state index contributed by atoms with van der Waals surface area (Å²) < 4.78 is 28.3. The van der Waals surface area contributed by atoms with E-state index >= 15 is 0 Å². The summed E-state index contributed by atoms with van der Waals surface area (Å²) in [6.45, 7) is 2.04. The molecule has 0 unspecified atom stereocenters. The average molecular weight is 424 g/mol. The molecule has 3 aromatic rings. The van der Waals surface area contributed by atoms with Crippen LogP contribution in [0.5, 0.6) is 0 Å². The molecule has 0 saturated heterocycles. The van der Waals surface area contributed by atoms with Gasteiger partial charge in [-0.2, -0.15) is 9.78 Å². The lowest BCUT2D eigenvalue weighted by molar-refractivity contribution is 0.592. The molecule has 0 saturated carbocycles. The third-order valence-corrected chi connectivity index (χ3v) is 6.54. The van der Waals surface area contributed by atoms with Gasteiger partial charge in [0.15, 0.2) is 0 Å². The van der Waals surface area contributed by atoms with Crippen LogP contribution in [0.25, 0.3) is 5.69 Å². The highest BCUT2D eigenvalue weighted by molar-refractivity contribution is 7.92. The van der Waals surface area contributed by atoms with E-state index in [1.807, 2.05) is 6.07 Å². The van der Waals surface area contributed by atoms with E-state index < -0.39 is 15.6 Å². The summed E-state index contributed by atoms with van der Waals surface area (Å²) in [5.74, 6) is 0. The fourth-order valence-electron chi connectivity index (χ4n) is 2.57. The van der Waals surface area contributed by atoms with Gasteiger partial charge in [0.2, 0.25) is 0 Å². The highest BCUT2D eigenvalue weighted by atomic mass is 35.5. The molecule has 3 rings (SSSR count). The summed E-state index contributed by atoms with van der Waals surface area (Å²) in [6.07, 6.45) is 1.25. The van der Waals surface area contributed by atoms with Crippen LogP contribution in [0.3, 0.4) is 0 Å². The van der Waals surface area contributed by atoms with Gasteiger partial charge in [-0.15, -0.1) is 0 Å². The van der Waals surface area contributed by atoms with Crippen LogP contribution < -0.4 is 9.86 Å². The van der Waals surface area contributed by atoms with Crippen molar-refractivity contribution in [1.82, 2.24) is 9.78 Å². The first-order valence-corrected chi connectivity index (χ1v) is 10.2. The fraction of sp³-hybridized carbons (Fsp3) is 0.111. The Morgan fingerprint density at radius 1 is 1.04 bits per heavy atom. The molecule has 140 valence electrons. The Morgan fingerprint density at radius 2 is 1.67 bits per heavy atom. The number of benzene rings is 2. The van der Waals surface area contributed by atoms with Crippen LogP contribution in [0.2, 0.25) is 10.0 Å². The van der Waals surface area contributed by atoms with Crippen molar-refractivity contribution in [3.8, 4) is 5.69 Å². The van der Waals surface area contributed by atoms with Crippen LogP contribution in [0.15, 0.2) is 70.5 Å². The molecule has 0 aliphatic carbocycles. The van der Waals surface area contributed by atoms with Crippen LogP contribution >= 0.6 is 23.2 Å². The topological polar surface area (TPSA) is 72.3 Å². The van der Waals surface area contributed by atoms with Crippen LogP contribution in [0, 0.1) is 0 Å². The molecule has 0 spiro atoms. The van der Waals surface area contributed by atoms with E-state index in [0.717, 1.165) is 4.68 Å². The maximum atomic E-state index is 13.0. The molecule has 0 N–H and O–H groups in total. The molecule has 1 aromatic heterocycles. The van der Waals surface area contributed by atoms with Crippen LogP contribution in [-0.2, 0) is 10.0 Å². The second-order valence-electron chi connectivity index (χ2n) is 5.52. The van der Waals surface area contributed by atoms with E-state index in [-0.39, 0.29) is 21.5 Å². The minimum atomic E-state index is -3.75. The van der Waals surface area contributed by atoms with Gasteiger partial charge in [0.1, 0.15) is 5.02 Å². The van der Waals surface area contributed by atoms with E-state index in [2.05, 4.69) is 5.10 Å². The largest absolute Gasteiger partial charge is 0.291 e. The minimum Gasteiger partial charge on any atom is -0.267 e. The lowest BCUT2D eigenvalue weighted by atomic mass is 10.3. The number of hydrogen-bond acceptors (Lipinski definition) is 4. The van der Waals surface area contributed by atoms with Crippen molar-refractivity contribution in [2.75, 3.05) is 10.8 Å². The van der Waals surface area contributed by atoms with Crippen molar-refractivity contribution in [2.24, 2.45) is 0 Å². The highest BCUT2D eigenvalue weighted by Crippen LogP contribution is 2.24. The second-order valence-corrected chi connectivity index (χ2v) is 8.17. The Morgan fingerprint density at radius 3 is 2.26 bits per heavy atom. The lowest BCUT2D eigenvalue weighted by Crippen LogP contribution is -2.30. The summed E-state index contributed by atoms with van der Waals surface area (Å²) >= 11 is 11.6. The molecule has 0 aliphatic rings. The Balaban J connectivity index is 2.00. The average Bonchev–Trinajstić information content (AvgIpc) is 2.68. The molecule has 27 heavy (non-hydrogen) atoms. The van der Waals surface area contributed by atoms with Crippen molar-refractivity contribution >= 4 is 38.9 Å². The third kappa shape index (κ3) is 3.71. The van der Waals surface area contributed by atoms with Crippen molar-refractivity contribution in [2.45, 2.75) is 11.8 Å². The molecular formula is C18H15Cl2N3O3S. The summed E-state index contributed by atoms with van der Waals surface area (Å²) in [5, 5.41) is 3.83. The van der Waals surface area contributed by atoms with E-state index in [4.69, 9.17) is 23.2 Å². The number of aromatic nitrogens is 2. The zero-order valence-corrected chi connectivity index (χ0v) is 16.5. The smallest absolute Gasteiger partial charge is 0.267 e. The van der Waals surface area contributed by atoms with Crippen LogP contribution in [0.4, 0.5) is 5.69 Å². The van der Waals surface area contributed by atoms with Crippen LogP contribution in [0.1, 0.15) is 6.92 Å². The third-order valence-electron chi connectivity index (χ3n) is 3.88. The van der Waals surface area contributed by atoms with Crippen molar-refractivity contribution in [3.63, 3.8) is 0 Å². The predicted octanol–water partition coefficient (Wildman–Crippen LogP) is 3.75. The highest BCUT2D eigenvalue weighted by Gasteiger charge is 2.23. The van der Waals surface area contributed by atoms with Gasteiger partial charge in [-0.3, -0.25) is 9.10 Å². The second kappa shape index (κ2) is 7.72. The Bertz CT molecular complexity index is 1110. The molecule has 0 atom stereocenters. The molecule has 0 fully saturated rings. The van der Waals surface area contributed by atoms with E-state index in [0.29, 0.717) is 11.4 Å². The van der Waals surface area contributed by atoms with Gasteiger partial charge < -0.3 is 0 Å². The molecule has 6 nitrogen and oxygen atoms in total. The van der Waals surface area contributed by atoms with Gasteiger partial charge in [0.05, 0.1) is 27.5 Å².